The molecule has 0 fully saturated rings. The third kappa shape index (κ3) is 4.81. The van der Waals surface area contributed by atoms with Gasteiger partial charge in [0.15, 0.2) is 0 Å². The van der Waals surface area contributed by atoms with E-state index in [1.807, 2.05) is 49.5 Å². The fraction of sp³-hybridized carbons (Fsp3) is 0.150. The first-order valence-corrected chi connectivity index (χ1v) is 10.6. The Kier molecular flexibility index (Phi) is 5.88. The second kappa shape index (κ2) is 8.18. The van der Waals surface area contributed by atoms with Gasteiger partial charge in [-0.15, -0.1) is 0 Å². The number of aryl methyl sites for hydroxylation is 1. The minimum Gasteiger partial charge on any atom is -0.286 e. The van der Waals surface area contributed by atoms with E-state index in [9.17, 15) is 8.42 Å². The molecule has 3 aromatic rings. The Morgan fingerprint density at radius 2 is 1.57 bits per heavy atom. The van der Waals surface area contributed by atoms with Crippen LogP contribution >= 0.6 is 11.6 Å². The number of hydrogen-bond donors (Lipinski definition) is 1. The molecule has 0 unspecified atom stereocenters. The summed E-state index contributed by atoms with van der Waals surface area (Å²) in [6.07, 6.45) is 2.58. The third-order valence-corrected chi connectivity index (χ3v) is 4.29. The fourth-order valence-electron chi connectivity index (χ4n) is 2.87. The van der Waals surface area contributed by atoms with Crippen molar-refractivity contribution in [2.75, 3.05) is 6.26 Å². The van der Waals surface area contributed by atoms with Gasteiger partial charge in [0.2, 0.25) is 0 Å². The second-order valence-corrected chi connectivity index (χ2v) is 8.09. The monoisotopic (exact) mass is 415 g/mol. The van der Waals surface area contributed by atoms with Crippen molar-refractivity contribution < 1.29 is 13.0 Å². The summed E-state index contributed by atoms with van der Waals surface area (Å²) < 4.78 is 25.9. The molecule has 8 heteroatoms. The summed E-state index contributed by atoms with van der Waals surface area (Å²) in [6.45, 7) is 2.45. The first kappa shape index (κ1) is 20.1. The van der Waals surface area contributed by atoms with Crippen LogP contribution in [0.4, 0.5) is 0 Å². The van der Waals surface area contributed by atoms with Crippen LogP contribution in [0.25, 0.3) is 11.3 Å². The van der Waals surface area contributed by atoms with Gasteiger partial charge in [-0.25, -0.2) is 9.97 Å². The van der Waals surface area contributed by atoms with Gasteiger partial charge in [0, 0.05) is 33.5 Å². The van der Waals surface area contributed by atoms with Crippen LogP contribution in [0.2, 0.25) is 5.02 Å². The molecule has 0 saturated carbocycles. The molecule has 0 saturated heterocycles. The Labute approximate surface area is 168 Å². The molecule has 144 valence electrons. The van der Waals surface area contributed by atoms with E-state index in [4.69, 9.17) is 21.1 Å². The van der Waals surface area contributed by atoms with E-state index in [2.05, 4.69) is 22.1 Å². The van der Waals surface area contributed by atoms with Crippen LogP contribution in [0, 0.1) is 6.92 Å². The van der Waals surface area contributed by atoms with E-state index in [1.165, 1.54) is 0 Å². The second-order valence-electron chi connectivity index (χ2n) is 6.21. The molecule has 28 heavy (non-hydrogen) atoms. The average molecular weight is 416 g/mol. The number of nitrogens with zero attached hydrogens (tertiary/aromatic N) is 3. The molecule has 2 aromatic carbocycles. The highest BCUT2D eigenvalue weighted by Crippen LogP contribution is 2.32. The van der Waals surface area contributed by atoms with Gasteiger partial charge in [-0.3, -0.25) is 9.55 Å². The predicted molar refractivity (Wildman–Crippen MR) is 110 cm³/mol. The lowest BCUT2D eigenvalue weighted by molar-refractivity contribution is 0.490. The first-order valence-electron chi connectivity index (χ1n) is 8.38. The van der Waals surface area contributed by atoms with E-state index in [1.54, 1.807) is 0 Å². The Balaban J connectivity index is 0.000000403. The molecule has 6 nitrogen and oxygen atoms in total. The number of aliphatic imine (C=N–C) groups is 1. The highest BCUT2D eigenvalue weighted by molar-refractivity contribution is 7.85. The lowest BCUT2D eigenvalue weighted by Crippen LogP contribution is -2.05. The summed E-state index contributed by atoms with van der Waals surface area (Å²) in [5.74, 6) is 0.764. The molecule has 1 aliphatic heterocycles. The minimum atomic E-state index is -3.67. The van der Waals surface area contributed by atoms with Crippen LogP contribution in [0.5, 0.6) is 0 Å². The van der Waals surface area contributed by atoms with E-state index in [0.29, 0.717) is 17.8 Å². The maximum absolute atomic E-state index is 9.19. The highest BCUT2D eigenvalue weighted by atomic mass is 35.5. The molecule has 4 rings (SSSR count). The van der Waals surface area contributed by atoms with Crippen LogP contribution in [0.15, 0.2) is 59.7 Å². The van der Waals surface area contributed by atoms with Crippen LogP contribution < -0.4 is 0 Å². The largest absolute Gasteiger partial charge is 0.286 e. The van der Waals surface area contributed by atoms with E-state index in [-0.39, 0.29) is 0 Å². The summed E-state index contributed by atoms with van der Waals surface area (Å²) >= 11 is 6.41. The topological polar surface area (TPSA) is 92.5 Å². The SMILES string of the molecule is CS(=O)(=O)O.Cc1ncc2c(n1)-c1ccccc1C(c1ccccc1Cl)=NC2. The molecular weight excluding hydrogens is 398 g/mol. The average Bonchev–Trinajstić information content (AvgIpc) is 2.78. The van der Waals surface area contributed by atoms with E-state index >= 15 is 0 Å². The van der Waals surface area contributed by atoms with Crippen LogP contribution in [0.3, 0.4) is 0 Å². The van der Waals surface area contributed by atoms with Gasteiger partial charge in [0.25, 0.3) is 10.1 Å². The Morgan fingerprint density at radius 1 is 1.00 bits per heavy atom. The number of hydrogen-bond acceptors (Lipinski definition) is 5. The standard InChI is InChI=1S/C19H14ClN3.CH4O3S/c1-12-21-10-13-11-22-19(16-8-4-5-9-17(16)20)15-7-3-2-6-14(15)18(13)23-12;1-5(2,3)4/h2-10H,11H2,1H3;1H3,(H,2,3,4). The van der Waals surface area contributed by atoms with Crippen molar-refractivity contribution in [1.82, 2.24) is 9.97 Å². The summed E-state index contributed by atoms with van der Waals surface area (Å²) in [6, 6.07) is 16.0. The van der Waals surface area contributed by atoms with Gasteiger partial charge in [0.05, 0.1) is 24.2 Å². The molecule has 1 N–H and O–H groups in total. The predicted octanol–water partition coefficient (Wildman–Crippen LogP) is 3.96. The Bertz CT molecular complexity index is 1150. The van der Waals surface area contributed by atoms with Crippen molar-refractivity contribution in [2.45, 2.75) is 13.5 Å². The fourth-order valence-corrected chi connectivity index (χ4v) is 3.10. The van der Waals surface area contributed by atoms with Crippen molar-refractivity contribution in [3.8, 4) is 11.3 Å². The van der Waals surface area contributed by atoms with Crippen LogP contribution in [-0.2, 0) is 16.7 Å². The van der Waals surface area contributed by atoms with Crippen LogP contribution in [0.1, 0.15) is 22.5 Å². The van der Waals surface area contributed by atoms with Crippen molar-refractivity contribution in [2.24, 2.45) is 4.99 Å². The van der Waals surface area contributed by atoms with Gasteiger partial charge in [-0.2, -0.15) is 8.42 Å². The number of rotatable bonds is 1. The molecular formula is C20H18ClN3O3S. The summed E-state index contributed by atoms with van der Waals surface area (Å²) in [7, 11) is -3.67. The maximum atomic E-state index is 9.19. The Morgan fingerprint density at radius 3 is 2.21 bits per heavy atom. The highest BCUT2D eigenvalue weighted by Gasteiger charge is 2.21. The molecule has 0 spiro atoms. The van der Waals surface area contributed by atoms with Gasteiger partial charge in [0.1, 0.15) is 5.82 Å². The van der Waals surface area contributed by atoms with Crippen molar-refractivity contribution >= 4 is 27.4 Å². The minimum absolute atomic E-state index is 0.546. The molecule has 1 aliphatic rings. The molecule has 0 amide bonds. The number of halogens is 1. The van der Waals surface area contributed by atoms with Gasteiger partial charge >= 0.3 is 0 Å². The van der Waals surface area contributed by atoms with Crippen molar-refractivity contribution in [1.29, 1.82) is 0 Å². The zero-order valence-electron chi connectivity index (χ0n) is 15.3. The molecule has 0 radical (unpaired) electrons. The lowest BCUT2D eigenvalue weighted by atomic mass is 9.95. The molecule has 0 atom stereocenters. The zero-order valence-corrected chi connectivity index (χ0v) is 16.9. The normalized spacial score (nSPS) is 12.6. The molecule has 0 aliphatic carbocycles. The smallest absolute Gasteiger partial charge is 0.261 e. The first-order chi connectivity index (χ1) is 13.2. The quantitative estimate of drug-likeness (QED) is 0.607. The maximum Gasteiger partial charge on any atom is 0.261 e. The van der Waals surface area contributed by atoms with E-state index < -0.39 is 10.1 Å². The van der Waals surface area contributed by atoms with Crippen molar-refractivity contribution in [3.63, 3.8) is 0 Å². The lowest BCUT2D eigenvalue weighted by Gasteiger charge is -2.11. The summed E-state index contributed by atoms with van der Waals surface area (Å²) in [5, 5.41) is 0.703. The number of aromatic nitrogens is 2. The van der Waals surface area contributed by atoms with Crippen LogP contribution in [-0.4, -0.2) is 34.9 Å². The number of fused-ring (bicyclic) bond motifs is 3. The molecule has 0 bridgehead atoms. The molecule has 1 aromatic heterocycles. The Hall–Kier alpha value is -2.61. The zero-order chi connectivity index (χ0) is 20.3. The number of benzene rings is 2. The summed E-state index contributed by atoms with van der Waals surface area (Å²) in [5.41, 5.74) is 5.96. The van der Waals surface area contributed by atoms with Gasteiger partial charge in [-0.05, 0) is 13.0 Å². The van der Waals surface area contributed by atoms with Gasteiger partial charge in [-0.1, -0.05) is 54.1 Å². The van der Waals surface area contributed by atoms with E-state index in [0.717, 1.165) is 39.5 Å². The third-order valence-electron chi connectivity index (χ3n) is 3.96. The van der Waals surface area contributed by atoms with Crippen molar-refractivity contribution in [3.05, 3.63) is 82.3 Å². The van der Waals surface area contributed by atoms with Gasteiger partial charge < -0.3 is 0 Å². The summed E-state index contributed by atoms with van der Waals surface area (Å²) in [4.78, 5) is 13.8. The molecule has 2 heterocycles.